The van der Waals surface area contributed by atoms with E-state index in [9.17, 15) is 9.59 Å². The van der Waals surface area contributed by atoms with E-state index < -0.39 is 6.03 Å². The number of amides is 3. The van der Waals surface area contributed by atoms with Crippen molar-refractivity contribution < 1.29 is 9.59 Å². The van der Waals surface area contributed by atoms with Gasteiger partial charge in [-0.3, -0.25) is 10.1 Å². The fourth-order valence-electron chi connectivity index (χ4n) is 1.15. The van der Waals surface area contributed by atoms with Gasteiger partial charge < -0.3 is 11.1 Å². The third-order valence-corrected chi connectivity index (χ3v) is 1.81. The second kappa shape index (κ2) is 4.06. The van der Waals surface area contributed by atoms with Gasteiger partial charge in [-0.15, -0.1) is 0 Å². The van der Waals surface area contributed by atoms with Crippen molar-refractivity contribution in [3.8, 4) is 0 Å². The molecule has 1 heterocycles. The topological polar surface area (TPSA) is 84.2 Å². The molecular formula is C7H13N3O2. The zero-order valence-electron chi connectivity index (χ0n) is 6.80. The molecule has 0 bridgehead atoms. The third kappa shape index (κ3) is 2.20. The summed E-state index contributed by atoms with van der Waals surface area (Å²) in [4.78, 5) is 21.6. The van der Waals surface area contributed by atoms with Gasteiger partial charge in [0.15, 0.2) is 0 Å². The maximum atomic E-state index is 11.0. The minimum Gasteiger partial charge on any atom is -0.330 e. The molecule has 0 aromatic carbocycles. The summed E-state index contributed by atoms with van der Waals surface area (Å²) >= 11 is 0. The molecule has 4 N–H and O–H groups in total. The van der Waals surface area contributed by atoms with Crippen LogP contribution in [0, 0.1) is 0 Å². The quantitative estimate of drug-likeness (QED) is 0.387. The highest BCUT2D eigenvalue weighted by atomic mass is 16.2. The molecule has 1 aliphatic heterocycles. The van der Waals surface area contributed by atoms with Crippen LogP contribution in [-0.2, 0) is 4.79 Å². The fraction of sp³-hybridized carbons (Fsp3) is 0.714. The number of nitrogens with one attached hydrogen (secondary N) is 2. The van der Waals surface area contributed by atoms with E-state index in [1.54, 1.807) is 0 Å². The highest BCUT2D eigenvalue weighted by Crippen LogP contribution is 2.03. The molecule has 0 radical (unpaired) electrons. The van der Waals surface area contributed by atoms with E-state index >= 15 is 0 Å². The van der Waals surface area contributed by atoms with Gasteiger partial charge in [-0.1, -0.05) is 0 Å². The lowest BCUT2D eigenvalue weighted by Gasteiger charge is -2.04. The smallest absolute Gasteiger partial charge is 0.322 e. The van der Waals surface area contributed by atoms with Crippen LogP contribution in [0.5, 0.6) is 0 Å². The van der Waals surface area contributed by atoms with E-state index in [0.29, 0.717) is 13.0 Å². The van der Waals surface area contributed by atoms with Crippen LogP contribution in [0.2, 0.25) is 0 Å². The first-order valence-electron chi connectivity index (χ1n) is 4.05. The summed E-state index contributed by atoms with van der Waals surface area (Å²) in [5.74, 6) is -0.225. The Balaban J connectivity index is 2.24. The van der Waals surface area contributed by atoms with Gasteiger partial charge in [-0.2, -0.15) is 0 Å². The van der Waals surface area contributed by atoms with Crippen molar-refractivity contribution in [3.63, 3.8) is 0 Å². The number of hydrogen-bond donors (Lipinski definition) is 3. The molecule has 5 heteroatoms. The minimum absolute atomic E-state index is 0.225. The van der Waals surface area contributed by atoms with Crippen molar-refractivity contribution in [2.75, 3.05) is 6.54 Å². The summed E-state index contributed by atoms with van der Waals surface area (Å²) in [6.45, 7) is 0.627. The predicted octanol–water partition coefficient (Wildman–Crippen LogP) is -0.677. The van der Waals surface area contributed by atoms with Crippen LogP contribution in [-0.4, -0.2) is 24.5 Å². The van der Waals surface area contributed by atoms with Crippen molar-refractivity contribution in [1.29, 1.82) is 0 Å². The van der Waals surface area contributed by atoms with Crippen molar-refractivity contribution in [3.05, 3.63) is 0 Å². The first-order chi connectivity index (χ1) is 5.74. The summed E-state index contributed by atoms with van der Waals surface area (Å²) in [7, 11) is 0. The van der Waals surface area contributed by atoms with Crippen LogP contribution in [0.15, 0.2) is 0 Å². The number of unbranched alkanes of at least 4 members (excludes halogenated alkanes) is 1. The SMILES string of the molecule is NCCCC[C@H]1NC(=O)NC1=O. The Morgan fingerprint density at radius 2 is 2.08 bits per heavy atom. The van der Waals surface area contributed by atoms with Crippen LogP contribution in [0.4, 0.5) is 4.79 Å². The largest absolute Gasteiger partial charge is 0.330 e. The molecule has 0 aromatic rings. The van der Waals surface area contributed by atoms with E-state index in [0.717, 1.165) is 12.8 Å². The molecule has 1 saturated heterocycles. The van der Waals surface area contributed by atoms with E-state index in [-0.39, 0.29) is 11.9 Å². The zero-order chi connectivity index (χ0) is 8.97. The van der Waals surface area contributed by atoms with Gasteiger partial charge in [0.2, 0.25) is 0 Å². The van der Waals surface area contributed by atoms with Crippen LogP contribution >= 0.6 is 0 Å². The molecule has 68 valence electrons. The molecule has 1 fully saturated rings. The Morgan fingerprint density at radius 1 is 1.33 bits per heavy atom. The molecule has 1 aliphatic rings. The number of urea groups is 1. The lowest BCUT2D eigenvalue weighted by atomic mass is 10.1. The molecule has 0 aliphatic carbocycles. The normalized spacial score (nSPS) is 22.2. The summed E-state index contributed by atoms with van der Waals surface area (Å²) in [5.41, 5.74) is 5.29. The molecule has 0 spiro atoms. The number of carbonyl (C=O) groups excluding carboxylic acids is 2. The Morgan fingerprint density at radius 3 is 2.58 bits per heavy atom. The average Bonchev–Trinajstić information content (AvgIpc) is 2.31. The molecule has 1 rings (SSSR count). The van der Waals surface area contributed by atoms with Crippen LogP contribution < -0.4 is 16.4 Å². The number of hydrogen-bond acceptors (Lipinski definition) is 3. The highest BCUT2D eigenvalue weighted by Gasteiger charge is 2.28. The van der Waals surface area contributed by atoms with Crippen LogP contribution in [0.1, 0.15) is 19.3 Å². The molecule has 0 aromatic heterocycles. The van der Waals surface area contributed by atoms with Crippen molar-refractivity contribution in [1.82, 2.24) is 10.6 Å². The molecule has 0 unspecified atom stereocenters. The highest BCUT2D eigenvalue weighted by molar-refractivity contribution is 6.04. The van der Waals surface area contributed by atoms with Gasteiger partial charge in [0.05, 0.1) is 0 Å². The lowest BCUT2D eigenvalue weighted by Crippen LogP contribution is -2.28. The van der Waals surface area contributed by atoms with E-state index in [1.165, 1.54) is 0 Å². The summed E-state index contributed by atoms with van der Waals surface area (Å²) in [6, 6.07) is -0.734. The van der Waals surface area contributed by atoms with E-state index in [2.05, 4.69) is 10.6 Å². The first-order valence-corrected chi connectivity index (χ1v) is 4.05. The zero-order valence-corrected chi connectivity index (χ0v) is 6.80. The third-order valence-electron chi connectivity index (χ3n) is 1.81. The Bertz CT molecular complexity index is 193. The van der Waals surface area contributed by atoms with Crippen LogP contribution in [0.3, 0.4) is 0 Å². The first kappa shape index (κ1) is 8.99. The number of imide groups is 1. The maximum absolute atomic E-state index is 11.0. The van der Waals surface area contributed by atoms with Crippen LogP contribution in [0.25, 0.3) is 0 Å². The number of rotatable bonds is 4. The average molecular weight is 171 g/mol. The fourth-order valence-corrected chi connectivity index (χ4v) is 1.15. The van der Waals surface area contributed by atoms with Crippen molar-refractivity contribution in [2.24, 2.45) is 5.73 Å². The second-order valence-electron chi connectivity index (χ2n) is 2.80. The molecule has 0 saturated carbocycles. The standard InChI is InChI=1S/C7H13N3O2/c8-4-2-1-3-5-6(11)10-7(12)9-5/h5H,1-4,8H2,(H2,9,10,11,12)/t5-/m1/s1. The molecule has 5 nitrogen and oxygen atoms in total. The Labute approximate surface area is 70.7 Å². The van der Waals surface area contributed by atoms with Gasteiger partial charge in [0.1, 0.15) is 6.04 Å². The Hall–Kier alpha value is -1.10. The van der Waals surface area contributed by atoms with Gasteiger partial charge >= 0.3 is 6.03 Å². The van der Waals surface area contributed by atoms with Gasteiger partial charge in [0.25, 0.3) is 5.91 Å². The Kier molecular flexibility index (Phi) is 3.04. The van der Waals surface area contributed by atoms with Crippen molar-refractivity contribution >= 4 is 11.9 Å². The summed E-state index contributed by atoms with van der Waals surface area (Å²) in [6.07, 6.45) is 2.43. The molecule has 3 amide bonds. The summed E-state index contributed by atoms with van der Waals surface area (Å²) in [5, 5.41) is 4.70. The molecular weight excluding hydrogens is 158 g/mol. The summed E-state index contributed by atoms with van der Waals surface area (Å²) < 4.78 is 0. The molecule has 12 heavy (non-hydrogen) atoms. The second-order valence-corrected chi connectivity index (χ2v) is 2.80. The van der Waals surface area contributed by atoms with Gasteiger partial charge in [-0.25, -0.2) is 4.79 Å². The number of nitrogens with two attached hydrogens (primary N) is 1. The lowest BCUT2D eigenvalue weighted by molar-refractivity contribution is -0.120. The van der Waals surface area contributed by atoms with E-state index in [1.807, 2.05) is 0 Å². The monoisotopic (exact) mass is 171 g/mol. The molecule has 1 atom stereocenters. The number of carbonyl (C=O) groups is 2. The predicted molar refractivity (Wildman–Crippen MR) is 43.4 cm³/mol. The van der Waals surface area contributed by atoms with Crippen molar-refractivity contribution in [2.45, 2.75) is 25.3 Å². The van der Waals surface area contributed by atoms with Gasteiger partial charge in [-0.05, 0) is 25.8 Å². The maximum Gasteiger partial charge on any atom is 0.322 e. The minimum atomic E-state index is -0.391. The van der Waals surface area contributed by atoms with Gasteiger partial charge in [0, 0.05) is 0 Å². The van der Waals surface area contributed by atoms with E-state index in [4.69, 9.17) is 5.73 Å².